The van der Waals surface area contributed by atoms with Crippen LogP contribution in [0.15, 0.2) is 24.3 Å². The highest BCUT2D eigenvalue weighted by Crippen LogP contribution is 2.14. The monoisotopic (exact) mass is 310 g/mol. The van der Waals surface area contributed by atoms with Gasteiger partial charge in [0.15, 0.2) is 0 Å². The molecule has 0 aromatic heterocycles. The van der Waals surface area contributed by atoms with E-state index < -0.39 is 0 Å². The summed E-state index contributed by atoms with van der Waals surface area (Å²) in [6.07, 6.45) is 2.41. The quantitative estimate of drug-likeness (QED) is 0.841. The molecule has 1 aliphatic heterocycles. The van der Waals surface area contributed by atoms with Gasteiger partial charge in [-0.2, -0.15) is 0 Å². The van der Waals surface area contributed by atoms with Crippen LogP contribution in [0.3, 0.4) is 0 Å². The third kappa shape index (κ3) is 5.02. The van der Waals surface area contributed by atoms with Crippen molar-refractivity contribution in [2.75, 3.05) is 19.7 Å². The first-order valence-corrected chi connectivity index (χ1v) is 7.45. The van der Waals surface area contributed by atoms with Gasteiger partial charge in [0.05, 0.1) is 16.7 Å². The highest BCUT2D eigenvalue weighted by molar-refractivity contribution is 6.33. The highest BCUT2D eigenvalue weighted by atomic mass is 35.5. The molecular formula is C15H19ClN2O3. The molecule has 1 atom stereocenters. The van der Waals surface area contributed by atoms with Crippen molar-refractivity contribution in [2.45, 2.75) is 25.4 Å². The van der Waals surface area contributed by atoms with Crippen LogP contribution in [0.5, 0.6) is 0 Å². The summed E-state index contributed by atoms with van der Waals surface area (Å²) in [7, 11) is 0. The standard InChI is InChI=1S/C15H19ClN2O3/c16-13-6-2-1-5-12(13)15(20)17-8-7-14(19)18-10-11-4-3-9-21-11/h1-2,5-6,11H,3-4,7-10H2,(H,17,20)(H,18,19)/t11-/m0/s1. The van der Waals surface area contributed by atoms with Crippen molar-refractivity contribution in [1.29, 1.82) is 0 Å². The minimum atomic E-state index is -0.271. The van der Waals surface area contributed by atoms with Crippen molar-refractivity contribution in [1.82, 2.24) is 10.6 Å². The van der Waals surface area contributed by atoms with Crippen LogP contribution in [0.1, 0.15) is 29.6 Å². The molecule has 1 saturated heterocycles. The molecule has 0 aliphatic carbocycles. The molecule has 114 valence electrons. The van der Waals surface area contributed by atoms with Gasteiger partial charge in [0, 0.05) is 26.1 Å². The number of carbonyl (C=O) groups excluding carboxylic acids is 2. The second-order valence-electron chi connectivity index (χ2n) is 4.92. The number of rotatable bonds is 6. The topological polar surface area (TPSA) is 67.4 Å². The van der Waals surface area contributed by atoms with Crippen molar-refractivity contribution in [3.05, 3.63) is 34.9 Å². The van der Waals surface area contributed by atoms with Gasteiger partial charge in [-0.05, 0) is 25.0 Å². The maximum Gasteiger partial charge on any atom is 0.252 e. The molecule has 0 unspecified atom stereocenters. The number of carbonyl (C=O) groups is 2. The van der Waals surface area contributed by atoms with E-state index in [0.29, 0.717) is 17.1 Å². The fourth-order valence-electron chi connectivity index (χ4n) is 2.15. The van der Waals surface area contributed by atoms with Gasteiger partial charge in [-0.3, -0.25) is 9.59 Å². The summed E-state index contributed by atoms with van der Waals surface area (Å²) < 4.78 is 5.42. The Hall–Kier alpha value is -1.59. The van der Waals surface area contributed by atoms with Crippen LogP contribution in [-0.4, -0.2) is 37.6 Å². The number of ether oxygens (including phenoxy) is 1. The fourth-order valence-corrected chi connectivity index (χ4v) is 2.37. The number of benzene rings is 1. The van der Waals surface area contributed by atoms with Crippen molar-refractivity contribution in [3.63, 3.8) is 0 Å². The lowest BCUT2D eigenvalue weighted by Gasteiger charge is -2.11. The van der Waals surface area contributed by atoms with Crippen LogP contribution in [0.2, 0.25) is 5.02 Å². The fraction of sp³-hybridized carbons (Fsp3) is 0.467. The summed E-state index contributed by atoms with van der Waals surface area (Å²) in [6.45, 7) is 1.59. The Morgan fingerprint density at radius 2 is 2.10 bits per heavy atom. The lowest BCUT2D eigenvalue weighted by Crippen LogP contribution is -2.34. The molecule has 1 aromatic carbocycles. The Morgan fingerprint density at radius 1 is 1.29 bits per heavy atom. The van der Waals surface area contributed by atoms with E-state index in [4.69, 9.17) is 16.3 Å². The molecule has 21 heavy (non-hydrogen) atoms. The number of nitrogens with one attached hydrogen (secondary N) is 2. The van der Waals surface area contributed by atoms with Gasteiger partial charge in [0.25, 0.3) is 5.91 Å². The van der Waals surface area contributed by atoms with Crippen LogP contribution in [0.4, 0.5) is 0 Å². The maximum absolute atomic E-state index is 11.9. The van der Waals surface area contributed by atoms with Crippen LogP contribution >= 0.6 is 11.6 Å². The van der Waals surface area contributed by atoms with Crippen molar-refractivity contribution in [3.8, 4) is 0 Å². The summed E-state index contributed by atoms with van der Waals surface area (Å²) in [5.74, 6) is -0.363. The van der Waals surface area contributed by atoms with Gasteiger partial charge in [-0.15, -0.1) is 0 Å². The maximum atomic E-state index is 11.9. The van der Waals surface area contributed by atoms with E-state index in [1.165, 1.54) is 0 Å². The Kier molecular flexibility index (Phi) is 6.02. The SMILES string of the molecule is O=C(CCNC(=O)c1ccccc1Cl)NC[C@@H]1CCCO1. The van der Waals surface area contributed by atoms with E-state index in [1.54, 1.807) is 24.3 Å². The molecule has 0 spiro atoms. The van der Waals surface area contributed by atoms with Crippen molar-refractivity contribution < 1.29 is 14.3 Å². The minimum absolute atomic E-state index is 0.0926. The normalized spacial score (nSPS) is 17.5. The van der Waals surface area contributed by atoms with Gasteiger partial charge >= 0.3 is 0 Å². The predicted octanol–water partition coefficient (Wildman–Crippen LogP) is 1.76. The summed E-state index contributed by atoms with van der Waals surface area (Å²) in [5, 5.41) is 5.89. The molecule has 1 aromatic rings. The van der Waals surface area contributed by atoms with E-state index in [0.717, 1.165) is 19.4 Å². The van der Waals surface area contributed by atoms with Crippen molar-refractivity contribution in [2.24, 2.45) is 0 Å². The lowest BCUT2D eigenvalue weighted by atomic mass is 10.2. The first-order valence-electron chi connectivity index (χ1n) is 7.08. The highest BCUT2D eigenvalue weighted by Gasteiger charge is 2.16. The first-order chi connectivity index (χ1) is 10.2. The zero-order valence-corrected chi connectivity index (χ0v) is 12.5. The molecule has 1 heterocycles. The van der Waals surface area contributed by atoms with Gasteiger partial charge in [-0.25, -0.2) is 0 Å². The second kappa shape index (κ2) is 8.00. The number of hydrogen-bond acceptors (Lipinski definition) is 3. The number of amides is 2. The zero-order valence-electron chi connectivity index (χ0n) is 11.7. The van der Waals surface area contributed by atoms with Crippen LogP contribution in [-0.2, 0) is 9.53 Å². The number of hydrogen-bond donors (Lipinski definition) is 2. The summed E-state index contributed by atoms with van der Waals surface area (Å²) in [4.78, 5) is 23.5. The van der Waals surface area contributed by atoms with Gasteiger partial charge < -0.3 is 15.4 Å². The average Bonchev–Trinajstić information content (AvgIpc) is 2.99. The first kappa shape index (κ1) is 15.8. The molecule has 1 aliphatic rings. The van der Waals surface area contributed by atoms with E-state index in [-0.39, 0.29) is 30.9 Å². The number of halogens is 1. The molecule has 6 heteroatoms. The third-order valence-electron chi connectivity index (χ3n) is 3.31. The Balaban J connectivity index is 1.65. The molecule has 0 saturated carbocycles. The Labute approximate surface area is 129 Å². The smallest absolute Gasteiger partial charge is 0.252 e. The average molecular weight is 311 g/mol. The largest absolute Gasteiger partial charge is 0.376 e. The molecule has 2 amide bonds. The van der Waals surface area contributed by atoms with E-state index in [1.807, 2.05) is 0 Å². The van der Waals surface area contributed by atoms with Crippen LogP contribution < -0.4 is 10.6 Å². The molecule has 0 bridgehead atoms. The Morgan fingerprint density at radius 3 is 2.81 bits per heavy atom. The van der Waals surface area contributed by atoms with E-state index >= 15 is 0 Å². The summed E-state index contributed by atoms with van der Waals surface area (Å²) >= 11 is 5.93. The summed E-state index contributed by atoms with van der Waals surface area (Å²) in [6, 6.07) is 6.81. The van der Waals surface area contributed by atoms with Gasteiger partial charge in [0.1, 0.15) is 0 Å². The molecule has 0 radical (unpaired) electrons. The lowest BCUT2D eigenvalue weighted by molar-refractivity contribution is -0.121. The minimum Gasteiger partial charge on any atom is -0.376 e. The second-order valence-corrected chi connectivity index (χ2v) is 5.33. The van der Waals surface area contributed by atoms with E-state index in [2.05, 4.69) is 10.6 Å². The third-order valence-corrected chi connectivity index (χ3v) is 3.64. The molecular weight excluding hydrogens is 292 g/mol. The molecule has 5 nitrogen and oxygen atoms in total. The Bertz CT molecular complexity index is 501. The van der Waals surface area contributed by atoms with Crippen LogP contribution in [0, 0.1) is 0 Å². The van der Waals surface area contributed by atoms with Gasteiger partial charge in [-0.1, -0.05) is 23.7 Å². The molecule has 1 fully saturated rings. The summed E-state index contributed by atoms with van der Waals surface area (Å²) in [5.41, 5.74) is 0.416. The molecule has 2 N–H and O–H groups in total. The van der Waals surface area contributed by atoms with Crippen molar-refractivity contribution >= 4 is 23.4 Å². The zero-order chi connectivity index (χ0) is 15.1. The predicted molar refractivity (Wildman–Crippen MR) is 80.4 cm³/mol. The molecule has 2 rings (SSSR count). The van der Waals surface area contributed by atoms with Gasteiger partial charge in [0.2, 0.25) is 5.91 Å². The van der Waals surface area contributed by atoms with E-state index in [9.17, 15) is 9.59 Å². The van der Waals surface area contributed by atoms with Crippen LogP contribution in [0.25, 0.3) is 0 Å².